The molecule has 1 saturated carbocycles. The van der Waals surface area contributed by atoms with E-state index in [1.54, 1.807) is 0 Å². The Bertz CT molecular complexity index is 287. The van der Waals surface area contributed by atoms with Gasteiger partial charge >= 0.3 is 0 Å². The number of hydrogen-bond donors (Lipinski definition) is 1. The maximum Gasteiger partial charge on any atom is 0.108 e. The Morgan fingerprint density at radius 2 is 1.94 bits per heavy atom. The minimum Gasteiger partial charge on any atom is -0.298 e. The van der Waals surface area contributed by atoms with Crippen molar-refractivity contribution >= 4 is 0 Å². The first-order valence-corrected chi connectivity index (χ1v) is 7.35. The minimum atomic E-state index is 0.0210. The van der Waals surface area contributed by atoms with Gasteiger partial charge in [0.2, 0.25) is 0 Å². The third kappa shape index (κ3) is 3.94. The summed E-state index contributed by atoms with van der Waals surface area (Å²) in [5, 5.41) is 12.6. The van der Waals surface area contributed by atoms with Crippen molar-refractivity contribution in [1.29, 1.82) is 5.26 Å². The Morgan fingerprint density at radius 1 is 1.28 bits per heavy atom. The summed E-state index contributed by atoms with van der Waals surface area (Å²) in [7, 11) is 0. The normalized spacial score (nSPS) is 25.6. The summed E-state index contributed by atoms with van der Waals surface area (Å²) in [6, 6.07) is 3.74. The molecule has 1 saturated heterocycles. The van der Waals surface area contributed by atoms with E-state index in [1.807, 2.05) is 0 Å². The summed E-state index contributed by atoms with van der Waals surface area (Å²) in [6.07, 6.45) is 3.73. The zero-order valence-electron chi connectivity index (χ0n) is 11.7. The highest BCUT2D eigenvalue weighted by atomic mass is 15.3. The number of hydrogen-bond acceptors (Lipinski definition) is 4. The fraction of sp³-hybridized carbons (Fsp3) is 0.929. The molecule has 4 heteroatoms. The van der Waals surface area contributed by atoms with Crippen LogP contribution in [0.5, 0.6) is 0 Å². The van der Waals surface area contributed by atoms with E-state index in [0.29, 0.717) is 12.1 Å². The Morgan fingerprint density at radius 3 is 2.44 bits per heavy atom. The molecule has 2 aliphatic rings. The quantitative estimate of drug-likeness (QED) is 0.765. The summed E-state index contributed by atoms with van der Waals surface area (Å²) in [5.41, 5.74) is 0. The molecule has 0 aromatic heterocycles. The summed E-state index contributed by atoms with van der Waals surface area (Å²) < 4.78 is 0. The molecule has 0 aromatic carbocycles. The lowest BCUT2D eigenvalue weighted by Gasteiger charge is -2.38. The number of nitrogens with one attached hydrogen (secondary N) is 1. The summed E-state index contributed by atoms with van der Waals surface area (Å²) in [4.78, 5) is 4.99. The molecule has 18 heavy (non-hydrogen) atoms. The third-order valence-corrected chi connectivity index (χ3v) is 4.23. The van der Waals surface area contributed by atoms with E-state index in [0.717, 1.165) is 32.7 Å². The standard InChI is InChI=1S/C14H26N4/c1-3-12(2)18-8-6-17(7-9-18)11-14(10-15)16-13-4-5-13/h12-14,16H,3-9,11H2,1-2H3. The highest BCUT2D eigenvalue weighted by Crippen LogP contribution is 2.19. The molecular weight excluding hydrogens is 224 g/mol. The van der Waals surface area contributed by atoms with Crippen LogP contribution >= 0.6 is 0 Å². The largest absolute Gasteiger partial charge is 0.298 e. The fourth-order valence-corrected chi connectivity index (χ4v) is 2.57. The monoisotopic (exact) mass is 250 g/mol. The zero-order chi connectivity index (χ0) is 13.0. The molecule has 0 spiro atoms. The molecule has 1 heterocycles. The van der Waals surface area contributed by atoms with Crippen LogP contribution in [0.4, 0.5) is 0 Å². The maximum atomic E-state index is 9.16. The summed E-state index contributed by atoms with van der Waals surface area (Å²) in [6.45, 7) is 9.96. The molecule has 0 bridgehead atoms. The van der Waals surface area contributed by atoms with Crippen LogP contribution in [0, 0.1) is 11.3 Å². The first-order valence-electron chi connectivity index (χ1n) is 7.35. The molecular formula is C14H26N4. The summed E-state index contributed by atoms with van der Waals surface area (Å²) >= 11 is 0. The second kappa shape index (κ2) is 6.51. The molecule has 102 valence electrons. The molecule has 2 atom stereocenters. The van der Waals surface area contributed by atoms with Crippen molar-refractivity contribution in [3.8, 4) is 6.07 Å². The number of nitriles is 1. The predicted molar refractivity (Wildman–Crippen MR) is 73.3 cm³/mol. The average Bonchev–Trinajstić information content (AvgIpc) is 3.22. The van der Waals surface area contributed by atoms with Gasteiger partial charge in [-0.15, -0.1) is 0 Å². The third-order valence-electron chi connectivity index (χ3n) is 4.23. The first-order chi connectivity index (χ1) is 8.72. The maximum absolute atomic E-state index is 9.16. The van der Waals surface area contributed by atoms with Gasteiger partial charge in [-0.1, -0.05) is 6.92 Å². The van der Waals surface area contributed by atoms with Crippen molar-refractivity contribution in [2.75, 3.05) is 32.7 Å². The van der Waals surface area contributed by atoms with Crippen molar-refractivity contribution in [2.45, 2.75) is 51.2 Å². The van der Waals surface area contributed by atoms with Crippen molar-refractivity contribution < 1.29 is 0 Å². The topological polar surface area (TPSA) is 42.3 Å². The number of piperazine rings is 1. The lowest BCUT2D eigenvalue weighted by Crippen LogP contribution is -2.52. The molecule has 1 N–H and O–H groups in total. The van der Waals surface area contributed by atoms with Crippen LogP contribution in [0.25, 0.3) is 0 Å². The van der Waals surface area contributed by atoms with Crippen LogP contribution in [0.2, 0.25) is 0 Å². The van der Waals surface area contributed by atoms with E-state index in [1.165, 1.54) is 19.3 Å². The Balaban J connectivity index is 1.70. The molecule has 1 aliphatic carbocycles. The van der Waals surface area contributed by atoms with E-state index in [-0.39, 0.29) is 6.04 Å². The van der Waals surface area contributed by atoms with Gasteiger partial charge < -0.3 is 0 Å². The van der Waals surface area contributed by atoms with Gasteiger partial charge in [0.25, 0.3) is 0 Å². The van der Waals surface area contributed by atoms with E-state index >= 15 is 0 Å². The van der Waals surface area contributed by atoms with E-state index in [9.17, 15) is 0 Å². The molecule has 0 aromatic rings. The second-order valence-corrected chi connectivity index (χ2v) is 5.72. The van der Waals surface area contributed by atoms with Crippen LogP contribution < -0.4 is 5.32 Å². The van der Waals surface area contributed by atoms with Crippen molar-refractivity contribution in [1.82, 2.24) is 15.1 Å². The van der Waals surface area contributed by atoms with Gasteiger partial charge in [-0.2, -0.15) is 5.26 Å². The molecule has 4 nitrogen and oxygen atoms in total. The highest BCUT2D eigenvalue weighted by Gasteiger charge is 2.27. The fourth-order valence-electron chi connectivity index (χ4n) is 2.57. The van der Waals surface area contributed by atoms with Crippen LogP contribution in [-0.4, -0.2) is 60.6 Å². The summed E-state index contributed by atoms with van der Waals surface area (Å²) in [5.74, 6) is 0. The lowest BCUT2D eigenvalue weighted by atomic mass is 10.2. The Labute approximate surface area is 111 Å². The van der Waals surface area contributed by atoms with Gasteiger partial charge in [0.05, 0.1) is 6.07 Å². The molecule has 2 unspecified atom stereocenters. The van der Waals surface area contributed by atoms with Gasteiger partial charge in [-0.3, -0.25) is 15.1 Å². The SMILES string of the molecule is CCC(C)N1CCN(CC(C#N)NC2CC2)CC1. The molecule has 2 rings (SSSR count). The lowest BCUT2D eigenvalue weighted by molar-refractivity contribution is 0.0974. The van der Waals surface area contributed by atoms with Crippen LogP contribution in [0.15, 0.2) is 0 Å². The van der Waals surface area contributed by atoms with Gasteiger partial charge in [0, 0.05) is 44.8 Å². The zero-order valence-corrected chi connectivity index (χ0v) is 11.7. The number of nitrogens with zero attached hydrogens (tertiary/aromatic N) is 3. The smallest absolute Gasteiger partial charge is 0.108 e. The minimum absolute atomic E-state index is 0.0210. The predicted octanol–water partition coefficient (Wildman–Crippen LogP) is 1.05. The van der Waals surface area contributed by atoms with Crippen LogP contribution in [0.1, 0.15) is 33.1 Å². The van der Waals surface area contributed by atoms with Gasteiger partial charge in [-0.05, 0) is 26.2 Å². The molecule has 2 fully saturated rings. The van der Waals surface area contributed by atoms with Crippen molar-refractivity contribution in [3.63, 3.8) is 0 Å². The van der Waals surface area contributed by atoms with Crippen molar-refractivity contribution in [3.05, 3.63) is 0 Å². The van der Waals surface area contributed by atoms with Crippen LogP contribution in [0.3, 0.4) is 0 Å². The van der Waals surface area contributed by atoms with Gasteiger partial charge in [-0.25, -0.2) is 0 Å². The van der Waals surface area contributed by atoms with Crippen molar-refractivity contribution in [2.24, 2.45) is 0 Å². The first kappa shape index (κ1) is 13.8. The number of rotatable bonds is 6. The average molecular weight is 250 g/mol. The van der Waals surface area contributed by atoms with E-state index in [2.05, 4.69) is 35.0 Å². The van der Waals surface area contributed by atoms with Crippen LogP contribution in [-0.2, 0) is 0 Å². The Kier molecular flexibility index (Phi) is 4.99. The molecule has 0 amide bonds. The molecule has 0 radical (unpaired) electrons. The highest BCUT2D eigenvalue weighted by molar-refractivity contribution is 4.98. The Hall–Kier alpha value is -0.630. The second-order valence-electron chi connectivity index (χ2n) is 5.72. The van der Waals surface area contributed by atoms with E-state index < -0.39 is 0 Å². The van der Waals surface area contributed by atoms with Gasteiger partial charge in [0.15, 0.2) is 0 Å². The van der Waals surface area contributed by atoms with E-state index in [4.69, 9.17) is 5.26 Å². The van der Waals surface area contributed by atoms with Gasteiger partial charge in [0.1, 0.15) is 6.04 Å². The molecule has 1 aliphatic heterocycles.